The number of ether oxygens (including phenoxy) is 3. The van der Waals surface area contributed by atoms with Crippen molar-refractivity contribution in [3.63, 3.8) is 0 Å². The van der Waals surface area contributed by atoms with Crippen molar-refractivity contribution in [2.75, 3.05) is 13.2 Å². The number of hydrogen-bond donors (Lipinski definition) is 0. The first-order valence-corrected chi connectivity index (χ1v) is 23.6. The number of carbonyl (C=O) groups is 3. The highest BCUT2D eigenvalue weighted by Gasteiger charge is 2.19. The van der Waals surface area contributed by atoms with E-state index in [9.17, 15) is 14.4 Å². The van der Waals surface area contributed by atoms with Gasteiger partial charge >= 0.3 is 17.9 Å². The Labute approximate surface area is 336 Å². The van der Waals surface area contributed by atoms with Gasteiger partial charge in [-0.15, -0.1) is 0 Å². The zero-order valence-corrected chi connectivity index (χ0v) is 37.0. The quantitative estimate of drug-likeness (QED) is 0.0350. The summed E-state index contributed by atoms with van der Waals surface area (Å²) in [5, 5.41) is 0. The molecule has 6 heteroatoms. The summed E-state index contributed by atoms with van der Waals surface area (Å²) in [6.45, 7) is 13.6. The number of rotatable bonds is 41. The molecule has 0 bridgehead atoms. The minimum absolute atomic E-state index is 0.0663. The van der Waals surface area contributed by atoms with Crippen molar-refractivity contribution < 1.29 is 28.6 Å². The van der Waals surface area contributed by atoms with Gasteiger partial charge in [-0.3, -0.25) is 14.4 Å². The van der Waals surface area contributed by atoms with Gasteiger partial charge in [0.25, 0.3) is 0 Å². The summed E-state index contributed by atoms with van der Waals surface area (Å²) in [4.78, 5) is 37.7. The van der Waals surface area contributed by atoms with E-state index in [1.54, 1.807) is 0 Å². The Morgan fingerprint density at radius 1 is 0.315 bits per heavy atom. The van der Waals surface area contributed by atoms with Crippen LogP contribution in [0.5, 0.6) is 0 Å². The van der Waals surface area contributed by atoms with Gasteiger partial charge in [0.1, 0.15) is 13.2 Å². The lowest BCUT2D eigenvalue weighted by Gasteiger charge is -2.18. The Hall–Kier alpha value is -1.59. The van der Waals surface area contributed by atoms with Gasteiger partial charge in [0, 0.05) is 19.3 Å². The van der Waals surface area contributed by atoms with Crippen molar-refractivity contribution in [3.05, 3.63) is 0 Å². The highest BCUT2D eigenvalue weighted by molar-refractivity contribution is 5.71. The van der Waals surface area contributed by atoms with E-state index in [1.807, 2.05) is 0 Å². The molecular weight excluding hydrogens is 673 g/mol. The van der Waals surface area contributed by atoms with Gasteiger partial charge in [0.05, 0.1) is 0 Å². The third kappa shape index (κ3) is 41.6. The first-order chi connectivity index (χ1) is 26.1. The van der Waals surface area contributed by atoms with E-state index < -0.39 is 6.10 Å². The van der Waals surface area contributed by atoms with Crippen LogP contribution in [0.15, 0.2) is 0 Å². The van der Waals surface area contributed by atoms with Crippen LogP contribution in [-0.4, -0.2) is 37.2 Å². The zero-order valence-electron chi connectivity index (χ0n) is 37.0. The predicted molar refractivity (Wildman–Crippen MR) is 229 cm³/mol. The van der Waals surface area contributed by atoms with Gasteiger partial charge in [-0.05, 0) is 37.0 Å². The average Bonchev–Trinajstić information content (AvgIpc) is 3.12. The molecule has 0 aliphatic heterocycles. The normalized spacial score (nSPS) is 12.2. The van der Waals surface area contributed by atoms with E-state index in [-0.39, 0.29) is 31.1 Å². The molecule has 0 rings (SSSR count). The Morgan fingerprint density at radius 3 is 0.796 bits per heavy atom. The Morgan fingerprint density at radius 2 is 0.537 bits per heavy atom. The SMILES string of the molecule is CC(C)CCCCCCCCCCCCCCC(=O)OC[C@@H](COC(=O)CCCCCCCCCC(C)C)OC(=O)CCCCCCCCCCC(C)C. The van der Waals surface area contributed by atoms with Crippen LogP contribution in [0, 0.1) is 17.8 Å². The van der Waals surface area contributed by atoms with Gasteiger partial charge in [0.15, 0.2) is 6.10 Å². The van der Waals surface area contributed by atoms with Crippen LogP contribution in [0.4, 0.5) is 0 Å². The first kappa shape index (κ1) is 52.4. The molecule has 0 amide bonds. The summed E-state index contributed by atoms with van der Waals surface area (Å²) >= 11 is 0. The molecular formula is C48H92O6. The molecule has 0 aromatic rings. The zero-order chi connectivity index (χ0) is 39.9. The molecule has 6 nitrogen and oxygen atoms in total. The molecule has 0 saturated carbocycles. The first-order valence-electron chi connectivity index (χ1n) is 23.6. The van der Waals surface area contributed by atoms with Crippen LogP contribution in [0.2, 0.25) is 0 Å². The summed E-state index contributed by atoms with van der Waals surface area (Å²) in [5.74, 6) is 1.55. The molecule has 54 heavy (non-hydrogen) atoms. The van der Waals surface area contributed by atoms with Crippen molar-refractivity contribution in [2.24, 2.45) is 17.8 Å². The maximum Gasteiger partial charge on any atom is 0.306 e. The molecule has 0 aliphatic rings. The molecule has 1 atom stereocenters. The molecule has 0 fully saturated rings. The van der Waals surface area contributed by atoms with Crippen molar-refractivity contribution in [1.82, 2.24) is 0 Å². The molecule has 0 aliphatic carbocycles. The van der Waals surface area contributed by atoms with E-state index in [0.717, 1.165) is 75.5 Å². The van der Waals surface area contributed by atoms with Gasteiger partial charge < -0.3 is 14.2 Å². The summed E-state index contributed by atoms with van der Waals surface area (Å²) < 4.78 is 16.7. The maximum absolute atomic E-state index is 12.7. The van der Waals surface area contributed by atoms with Crippen molar-refractivity contribution in [3.8, 4) is 0 Å². The van der Waals surface area contributed by atoms with Crippen LogP contribution in [0.1, 0.15) is 253 Å². The summed E-state index contributed by atoms with van der Waals surface area (Å²) in [6, 6.07) is 0. The molecule has 0 radical (unpaired) electrons. The van der Waals surface area contributed by atoms with Crippen molar-refractivity contribution in [2.45, 2.75) is 260 Å². The van der Waals surface area contributed by atoms with Crippen LogP contribution in [0.3, 0.4) is 0 Å². The smallest absolute Gasteiger partial charge is 0.306 e. The standard InChI is InChI=1S/C48H92O6/c1-42(2)34-28-22-16-11-9-7-8-10-12-19-25-31-37-46(49)52-40-45(41-53-47(50)38-32-26-21-15-18-24-30-36-44(5)6)54-48(51)39-33-27-20-14-13-17-23-29-35-43(3)4/h42-45H,7-41H2,1-6H3/t45-/m0/s1. The molecule has 320 valence electrons. The molecule has 0 spiro atoms. The van der Waals surface area contributed by atoms with Gasteiger partial charge in [-0.25, -0.2) is 0 Å². The average molecular weight is 765 g/mol. The Bertz CT molecular complexity index is 837. The largest absolute Gasteiger partial charge is 0.462 e. The number of unbranched alkanes of at least 4 members (excludes halogenated alkanes) is 24. The van der Waals surface area contributed by atoms with E-state index >= 15 is 0 Å². The van der Waals surface area contributed by atoms with Crippen LogP contribution >= 0.6 is 0 Å². The van der Waals surface area contributed by atoms with Crippen molar-refractivity contribution >= 4 is 17.9 Å². The van der Waals surface area contributed by atoms with Crippen LogP contribution in [0.25, 0.3) is 0 Å². The minimum Gasteiger partial charge on any atom is -0.462 e. The molecule has 0 aromatic heterocycles. The number of carbonyl (C=O) groups excluding carboxylic acids is 3. The minimum atomic E-state index is -0.762. The fourth-order valence-electron chi connectivity index (χ4n) is 7.06. The summed E-state index contributed by atoms with van der Waals surface area (Å²) in [6.07, 6.45) is 36.7. The molecule has 0 unspecified atom stereocenters. The van der Waals surface area contributed by atoms with Crippen LogP contribution in [-0.2, 0) is 28.6 Å². The highest BCUT2D eigenvalue weighted by atomic mass is 16.6. The Kier molecular flexibility index (Phi) is 38.5. The topological polar surface area (TPSA) is 78.9 Å². The number of hydrogen-bond acceptors (Lipinski definition) is 6. The third-order valence-electron chi connectivity index (χ3n) is 10.6. The van der Waals surface area contributed by atoms with E-state index in [1.165, 1.54) is 135 Å². The molecule has 0 aromatic carbocycles. The predicted octanol–water partition coefficient (Wildman–Crippen LogP) is 14.8. The van der Waals surface area contributed by atoms with Gasteiger partial charge in [-0.2, -0.15) is 0 Å². The third-order valence-corrected chi connectivity index (χ3v) is 10.6. The summed E-state index contributed by atoms with van der Waals surface area (Å²) in [5.41, 5.74) is 0. The Balaban J connectivity index is 4.31. The lowest BCUT2D eigenvalue weighted by Crippen LogP contribution is -2.30. The fourth-order valence-corrected chi connectivity index (χ4v) is 7.06. The second-order valence-electron chi connectivity index (χ2n) is 17.8. The molecule has 0 saturated heterocycles. The lowest BCUT2D eigenvalue weighted by molar-refractivity contribution is -0.167. The van der Waals surface area contributed by atoms with Crippen LogP contribution < -0.4 is 0 Å². The molecule has 0 N–H and O–H groups in total. The van der Waals surface area contributed by atoms with E-state index in [2.05, 4.69) is 41.5 Å². The molecule has 0 heterocycles. The lowest BCUT2D eigenvalue weighted by atomic mass is 10.0. The monoisotopic (exact) mass is 765 g/mol. The van der Waals surface area contributed by atoms with E-state index in [4.69, 9.17) is 14.2 Å². The fraction of sp³-hybridized carbons (Fsp3) is 0.938. The number of esters is 3. The second kappa shape index (κ2) is 39.6. The van der Waals surface area contributed by atoms with Gasteiger partial charge in [0.2, 0.25) is 0 Å². The maximum atomic E-state index is 12.7. The van der Waals surface area contributed by atoms with E-state index in [0.29, 0.717) is 19.3 Å². The van der Waals surface area contributed by atoms with Crippen molar-refractivity contribution in [1.29, 1.82) is 0 Å². The summed E-state index contributed by atoms with van der Waals surface area (Å²) in [7, 11) is 0. The highest BCUT2D eigenvalue weighted by Crippen LogP contribution is 2.17. The second-order valence-corrected chi connectivity index (χ2v) is 17.8. The van der Waals surface area contributed by atoms with Gasteiger partial charge in [-0.1, -0.05) is 215 Å².